The number of hydrogen-bond donors (Lipinski definition) is 1. The van der Waals surface area contributed by atoms with E-state index in [2.05, 4.69) is 49.6 Å². The summed E-state index contributed by atoms with van der Waals surface area (Å²) in [6, 6.07) is 0.623. The van der Waals surface area contributed by atoms with Gasteiger partial charge in [0.15, 0.2) is 0 Å². The standard InChI is InChI=1S/C25H48N2/c1-5-7-8-9-10-11-12-13-14-15-16-17-18-20-24(4)27-22-21-26-25(27)23(3)19-6-2/h21-24H,5-20H2,1-4H3/p+1. The SMILES string of the molecule is CCCCCCCCCCCCCCCC(C)[n+]1cc[nH]c1C(C)CCC. The van der Waals surface area contributed by atoms with E-state index in [-0.39, 0.29) is 0 Å². The molecule has 158 valence electrons. The van der Waals surface area contributed by atoms with Crippen molar-refractivity contribution in [1.82, 2.24) is 4.98 Å². The Bertz CT molecular complexity index is 437. The van der Waals surface area contributed by atoms with Crippen molar-refractivity contribution in [3.63, 3.8) is 0 Å². The number of aromatic amines is 1. The summed E-state index contributed by atoms with van der Waals surface area (Å²) in [7, 11) is 0. The van der Waals surface area contributed by atoms with E-state index in [0.717, 1.165) is 0 Å². The first-order chi connectivity index (χ1) is 13.2. The lowest BCUT2D eigenvalue weighted by Gasteiger charge is -2.13. The fourth-order valence-corrected chi connectivity index (χ4v) is 4.31. The molecule has 0 saturated carbocycles. The van der Waals surface area contributed by atoms with E-state index < -0.39 is 0 Å². The second-order valence-corrected chi connectivity index (χ2v) is 8.82. The smallest absolute Gasteiger partial charge is 0.247 e. The van der Waals surface area contributed by atoms with E-state index in [4.69, 9.17) is 0 Å². The third-order valence-electron chi connectivity index (χ3n) is 6.13. The molecule has 0 aliphatic carbocycles. The van der Waals surface area contributed by atoms with Gasteiger partial charge in [-0.1, -0.05) is 104 Å². The Morgan fingerprint density at radius 1 is 0.704 bits per heavy atom. The highest BCUT2D eigenvalue weighted by Gasteiger charge is 2.21. The van der Waals surface area contributed by atoms with Gasteiger partial charge in [-0.2, -0.15) is 0 Å². The van der Waals surface area contributed by atoms with Crippen molar-refractivity contribution in [2.24, 2.45) is 0 Å². The van der Waals surface area contributed by atoms with Crippen LogP contribution < -0.4 is 4.57 Å². The summed E-state index contributed by atoms with van der Waals surface area (Å²) >= 11 is 0. The van der Waals surface area contributed by atoms with Crippen molar-refractivity contribution in [2.75, 3.05) is 0 Å². The summed E-state index contributed by atoms with van der Waals surface area (Å²) in [5.41, 5.74) is 0. The number of nitrogens with one attached hydrogen (secondary N) is 1. The number of rotatable bonds is 18. The maximum Gasteiger partial charge on any atom is 0.257 e. The second kappa shape index (κ2) is 16.2. The summed E-state index contributed by atoms with van der Waals surface area (Å²) < 4.78 is 2.49. The Balaban J connectivity index is 2.00. The molecule has 0 bridgehead atoms. The van der Waals surface area contributed by atoms with Crippen molar-refractivity contribution >= 4 is 0 Å². The molecule has 0 aliphatic rings. The number of aromatic nitrogens is 2. The lowest BCUT2D eigenvalue weighted by atomic mass is 10.0. The van der Waals surface area contributed by atoms with Crippen LogP contribution in [-0.2, 0) is 0 Å². The highest BCUT2D eigenvalue weighted by atomic mass is 15.1. The van der Waals surface area contributed by atoms with Crippen LogP contribution in [0.4, 0.5) is 0 Å². The first kappa shape index (κ1) is 24.2. The van der Waals surface area contributed by atoms with Crippen LogP contribution in [0.1, 0.15) is 148 Å². The van der Waals surface area contributed by atoms with Gasteiger partial charge in [0, 0.05) is 0 Å². The zero-order chi connectivity index (χ0) is 19.7. The first-order valence-corrected chi connectivity index (χ1v) is 12.3. The molecule has 0 fully saturated rings. The highest BCUT2D eigenvalue weighted by molar-refractivity contribution is 4.87. The van der Waals surface area contributed by atoms with Crippen molar-refractivity contribution in [1.29, 1.82) is 0 Å². The van der Waals surface area contributed by atoms with Gasteiger partial charge < -0.3 is 0 Å². The Hall–Kier alpha value is -0.790. The van der Waals surface area contributed by atoms with E-state index in [1.165, 1.54) is 109 Å². The molecule has 0 spiro atoms. The molecule has 27 heavy (non-hydrogen) atoms. The van der Waals surface area contributed by atoms with E-state index >= 15 is 0 Å². The second-order valence-electron chi connectivity index (χ2n) is 8.82. The van der Waals surface area contributed by atoms with Gasteiger partial charge in [0.05, 0.1) is 12.0 Å². The molecular weight excluding hydrogens is 328 g/mol. The van der Waals surface area contributed by atoms with Crippen LogP contribution >= 0.6 is 0 Å². The van der Waals surface area contributed by atoms with Crippen LogP contribution in [-0.4, -0.2) is 4.98 Å². The Morgan fingerprint density at radius 3 is 1.74 bits per heavy atom. The van der Waals surface area contributed by atoms with Crippen molar-refractivity contribution in [3.8, 4) is 0 Å². The van der Waals surface area contributed by atoms with Gasteiger partial charge in [0.1, 0.15) is 12.4 Å². The van der Waals surface area contributed by atoms with Crippen LogP contribution in [0.3, 0.4) is 0 Å². The average Bonchev–Trinajstić information content (AvgIpc) is 3.15. The Labute approximate surface area is 170 Å². The summed E-state index contributed by atoms with van der Waals surface area (Å²) in [6.07, 6.45) is 26.9. The van der Waals surface area contributed by atoms with Crippen LogP contribution in [0.2, 0.25) is 0 Å². The first-order valence-electron chi connectivity index (χ1n) is 12.3. The van der Waals surface area contributed by atoms with Crippen LogP contribution in [0.15, 0.2) is 12.4 Å². The van der Waals surface area contributed by atoms with Gasteiger partial charge in [0.2, 0.25) is 0 Å². The molecule has 2 nitrogen and oxygen atoms in total. The van der Waals surface area contributed by atoms with Crippen molar-refractivity contribution in [2.45, 2.75) is 142 Å². The zero-order valence-electron chi connectivity index (χ0n) is 19.1. The number of unbranched alkanes of at least 4 members (excludes halogenated alkanes) is 12. The fraction of sp³-hybridized carbons (Fsp3) is 0.880. The normalized spacial score (nSPS) is 13.8. The maximum atomic E-state index is 3.48. The van der Waals surface area contributed by atoms with E-state index in [1.54, 1.807) is 0 Å². The third-order valence-corrected chi connectivity index (χ3v) is 6.13. The predicted molar refractivity (Wildman–Crippen MR) is 119 cm³/mol. The Morgan fingerprint density at radius 2 is 1.22 bits per heavy atom. The lowest BCUT2D eigenvalue weighted by molar-refractivity contribution is -0.727. The largest absolute Gasteiger partial charge is 0.257 e. The minimum Gasteiger partial charge on any atom is -0.247 e. The van der Waals surface area contributed by atoms with E-state index in [9.17, 15) is 0 Å². The van der Waals surface area contributed by atoms with Crippen LogP contribution in [0.25, 0.3) is 0 Å². The predicted octanol–water partition coefficient (Wildman–Crippen LogP) is 8.25. The minimum atomic E-state index is 0.623. The molecular formula is C25H49N2+. The zero-order valence-corrected chi connectivity index (χ0v) is 19.1. The van der Waals surface area contributed by atoms with Gasteiger partial charge in [-0.25, -0.2) is 9.55 Å². The summed E-state index contributed by atoms with van der Waals surface area (Å²) in [4.78, 5) is 3.48. The summed E-state index contributed by atoms with van der Waals surface area (Å²) in [5, 5.41) is 0. The molecule has 0 aliphatic heterocycles. The van der Waals surface area contributed by atoms with E-state index in [1.807, 2.05) is 0 Å². The molecule has 0 radical (unpaired) electrons. The van der Waals surface area contributed by atoms with Gasteiger partial charge in [-0.3, -0.25) is 0 Å². The molecule has 0 aromatic carbocycles. The van der Waals surface area contributed by atoms with Crippen LogP contribution in [0, 0.1) is 0 Å². The van der Waals surface area contributed by atoms with Gasteiger partial charge in [-0.05, 0) is 26.2 Å². The van der Waals surface area contributed by atoms with Crippen molar-refractivity contribution in [3.05, 3.63) is 18.2 Å². The molecule has 0 amide bonds. The number of hydrogen-bond acceptors (Lipinski definition) is 0. The summed E-state index contributed by atoms with van der Waals surface area (Å²) in [5.74, 6) is 2.05. The molecule has 1 aromatic rings. The molecule has 0 saturated heterocycles. The molecule has 2 heteroatoms. The number of nitrogens with zero attached hydrogens (tertiary/aromatic N) is 1. The summed E-state index contributed by atoms with van der Waals surface area (Å²) in [6.45, 7) is 9.31. The fourth-order valence-electron chi connectivity index (χ4n) is 4.31. The van der Waals surface area contributed by atoms with Gasteiger partial charge in [-0.15, -0.1) is 0 Å². The number of imidazole rings is 1. The van der Waals surface area contributed by atoms with Crippen molar-refractivity contribution < 1.29 is 4.57 Å². The number of H-pyrrole nitrogens is 1. The monoisotopic (exact) mass is 377 g/mol. The minimum absolute atomic E-state index is 0.623. The Kier molecular flexibility index (Phi) is 14.5. The average molecular weight is 378 g/mol. The van der Waals surface area contributed by atoms with Crippen LogP contribution in [0.5, 0.6) is 0 Å². The quantitative estimate of drug-likeness (QED) is 0.196. The molecule has 1 N–H and O–H groups in total. The van der Waals surface area contributed by atoms with Gasteiger partial charge >= 0.3 is 0 Å². The van der Waals surface area contributed by atoms with E-state index in [0.29, 0.717) is 12.0 Å². The highest BCUT2D eigenvalue weighted by Crippen LogP contribution is 2.19. The molecule has 1 heterocycles. The third kappa shape index (κ3) is 11.0. The molecule has 1 rings (SSSR count). The van der Waals surface area contributed by atoms with Gasteiger partial charge in [0.25, 0.3) is 5.82 Å². The topological polar surface area (TPSA) is 19.7 Å². The molecule has 2 unspecified atom stereocenters. The maximum absolute atomic E-state index is 3.48. The molecule has 1 aromatic heterocycles. The molecule has 2 atom stereocenters. The lowest BCUT2D eigenvalue weighted by Crippen LogP contribution is -2.40.